The Hall–Kier alpha value is -0.830. The fourth-order valence-electron chi connectivity index (χ4n) is 1.92. The number of unbranched alkanes of at least 4 members (excludes halogenated alkanes) is 4. The zero-order valence-corrected chi connectivity index (χ0v) is 10.7. The van der Waals surface area contributed by atoms with E-state index in [1.807, 2.05) is 12.4 Å². The lowest BCUT2D eigenvalue weighted by molar-refractivity contribution is 0.479. The quantitative estimate of drug-likeness (QED) is 0.687. The molecule has 1 atom stereocenters. The lowest BCUT2D eigenvalue weighted by Crippen LogP contribution is -2.19. The Morgan fingerprint density at radius 1 is 1.25 bits per heavy atom. The van der Waals surface area contributed by atoms with E-state index in [0.717, 1.165) is 18.7 Å². The van der Waals surface area contributed by atoms with Crippen LogP contribution in [0.2, 0.25) is 0 Å². The van der Waals surface area contributed by atoms with Gasteiger partial charge in [0, 0.05) is 18.8 Å². The first-order chi connectivity index (χ1) is 7.79. The first-order valence-electron chi connectivity index (χ1n) is 6.56. The van der Waals surface area contributed by atoms with E-state index < -0.39 is 0 Å². The van der Waals surface area contributed by atoms with Gasteiger partial charge in [-0.25, -0.2) is 4.98 Å². The number of nitrogens with two attached hydrogens (primary N) is 1. The molecule has 1 aromatic rings. The molecule has 0 saturated carbocycles. The summed E-state index contributed by atoms with van der Waals surface area (Å²) in [4.78, 5) is 4.39. The Bertz CT molecular complexity index is 280. The lowest BCUT2D eigenvalue weighted by Gasteiger charge is -2.14. The maximum atomic E-state index is 6.01. The third kappa shape index (κ3) is 3.97. The second-order valence-corrected chi connectivity index (χ2v) is 4.39. The molecule has 0 radical (unpaired) electrons. The molecule has 0 aliphatic carbocycles. The molecule has 92 valence electrons. The van der Waals surface area contributed by atoms with Gasteiger partial charge in [-0.05, 0) is 12.8 Å². The predicted molar refractivity (Wildman–Crippen MR) is 68.2 cm³/mol. The molecule has 0 aliphatic heterocycles. The van der Waals surface area contributed by atoms with Crippen molar-refractivity contribution in [1.82, 2.24) is 9.55 Å². The van der Waals surface area contributed by atoms with Gasteiger partial charge < -0.3 is 10.3 Å². The molecule has 2 N–H and O–H groups in total. The fourth-order valence-corrected chi connectivity index (χ4v) is 1.92. The van der Waals surface area contributed by atoms with Crippen molar-refractivity contribution in [3.05, 3.63) is 18.2 Å². The van der Waals surface area contributed by atoms with Gasteiger partial charge in [0.2, 0.25) is 0 Å². The molecule has 0 spiro atoms. The van der Waals surface area contributed by atoms with Crippen molar-refractivity contribution in [2.75, 3.05) is 0 Å². The fraction of sp³-hybridized carbons (Fsp3) is 0.769. The van der Waals surface area contributed by atoms with Crippen molar-refractivity contribution in [3.8, 4) is 0 Å². The Labute approximate surface area is 99.1 Å². The first kappa shape index (κ1) is 13.2. The summed E-state index contributed by atoms with van der Waals surface area (Å²) in [5.74, 6) is 1.14. The number of aromatic nitrogens is 2. The van der Waals surface area contributed by atoms with Gasteiger partial charge in [0.1, 0.15) is 5.82 Å². The van der Waals surface area contributed by atoms with Crippen molar-refractivity contribution >= 4 is 0 Å². The molecule has 1 heterocycles. The lowest BCUT2D eigenvalue weighted by atomic mass is 10.1. The molecule has 0 fully saturated rings. The first-order valence-corrected chi connectivity index (χ1v) is 6.56. The van der Waals surface area contributed by atoms with Crippen LogP contribution in [-0.2, 0) is 6.42 Å². The van der Waals surface area contributed by atoms with Crippen LogP contribution >= 0.6 is 0 Å². The Morgan fingerprint density at radius 3 is 2.69 bits per heavy atom. The van der Waals surface area contributed by atoms with Gasteiger partial charge in [-0.2, -0.15) is 0 Å². The van der Waals surface area contributed by atoms with Gasteiger partial charge in [-0.3, -0.25) is 0 Å². The summed E-state index contributed by atoms with van der Waals surface area (Å²) >= 11 is 0. The van der Waals surface area contributed by atoms with E-state index in [2.05, 4.69) is 23.4 Å². The van der Waals surface area contributed by atoms with Crippen LogP contribution in [-0.4, -0.2) is 9.55 Å². The van der Waals surface area contributed by atoms with Crippen LogP contribution in [0.3, 0.4) is 0 Å². The van der Waals surface area contributed by atoms with Crippen LogP contribution in [0.5, 0.6) is 0 Å². The summed E-state index contributed by atoms with van der Waals surface area (Å²) in [6, 6.07) is 0. The third-order valence-electron chi connectivity index (χ3n) is 3.03. The molecule has 0 aliphatic rings. The summed E-state index contributed by atoms with van der Waals surface area (Å²) in [6.07, 6.45) is 12.5. The van der Waals surface area contributed by atoms with Crippen LogP contribution in [0.1, 0.15) is 64.4 Å². The number of nitrogens with zero attached hydrogens (tertiary/aromatic N) is 2. The minimum absolute atomic E-state index is 0.0909. The average Bonchev–Trinajstić information content (AvgIpc) is 2.76. The molecule has 0 aromatic carbocycles. The van der Waals surface area contributed by atoms with Crippen LogP contribution < -0.4 is 5.73 Å². The van der Waals surface area contributed by atoms with Gasteiger partial charge in [-0.15, -0.1) is 0 Å². The highest BCUT2D eigenvalue weighted by Crippen LogP contribution is 2.11. The molecule has 3 nitrogen and oxygen atoms in total. The standard InChI is InChI=1S/C13H25N3/c1-3-5-6-7-8-9-13-15-10-11-16(13)12(14)4-2/h10-12H,3-9,14H2,1-2H3. The summed E-state index contributed by atoms with van der Waals surface area (Å²) in [5, 5.41) is 0. The maximum Gasteiger partial charge on any atom is 0.109 e. The molecular weight excluding hydrogens is 198 g/mol. The molecule has 0 amide bonds. The van der Waals surface area contributed by atoms with Crippen molar-refractivity contribution in [3.63, 3.8) is 0 Å². The number of aryl methyl sites for hydroxylation is 1. The Balaban J connectivity index is 2.33. The second-order valence-electron chi connectivity index (χ2n) is 4.39. The van der Waals surface area contributed by atoms with Gasteiger partial charge in [0.15, 0.2) is 0 Å². The van der Waals surface area contributed by atoms with Crippen molar-refractivity contribution < 1.29 is 0 Å². The van der Waals surface area contributed by atoms with Crippen LogP contribution in [0.25, 0.3) is 0 Å². The molecule has 3 heteroatoms. The van der Waals surface area contributed by atoms with Crippen LogP contribution in [0, 0.1) is 0 Å². The minimum atomic E-state index is 0.0909. The van der Waals surface area contributed by atoms with E-state index in [0.29, 0.717) is 0 Å². The average molecular weight is 223 g/mol. The Morgan fingerprint density at radius 2 is 2.00 bits per heavy atom. The SMILES string of the molecule is CCCCCCCc1nccn1C(N)CC. The normalized spacial score (nSPS) is 12.9. The van der Waals surface area contributed by atoms with Gasteiger partial charge in [-0.1, -0.05) is 39.5 Å². The van der Waals surface area contributed by atoms with E-state index in [1.54, 1.807) is 0 Å². The molecule has 1 aromatic heterocycles. The van der Waals surface area contributed by atoms with Crippen LogP contribution in [0.15, 0.2) is 12.4 Å². The highest BCUT2D eigenvalue weighted by molar-refractivity contribution is 4.94. The van der Waals surface area contributed by atoms with Gasteiger partial charge in [0.25, 0.3) is 0 Å². The summed E-state index contributed by atoms with van der Waals surface area (Å²) in [5.41, 5.74) is 6.01. The summed E-state index contributed by atoms with van der Waals surface area (Å²) < 4.78 is 2.11. The molecule has 16 heavy (non-hydrogen) atoms. The van der Waals surface area contributed by atoms with Crippen molar-refractivity contribution in [2.45, 2.75) is 65.0 Å². The topological polar surface area (TPSA) is 43.8 Å². The predicted octanol–water partition coefficient (Wildman–Crippen LogP) is 3.26. The van der Waals surface area contributed by atoms with Crippen molar-refractivity contribution in [2.24, 2.45) is 5.73 Å². The molecule has 0 saturated heterocycles. The highest BCUT2D eigenvalue weighted by atomic mass is 15.1. The number of rotatable bonds is 8. The van der Waals surface area contributed by atoms with E-state index in [-0.39, 0.29) is 6.17 Å². The number of hydrogen-bond donors (Lipinski definition) is 1. The number of imidazole rings is 1. The largest absolute Gasteiger partial charge is 0.319 e. The van der Waals surface area contributed by atoms with Crippen LogP contribution in [0.4, 0.5) is 0 Å². The smallest absolute Gasteiger partial charge is 0.109 e. The van der Waals surface area contributed by atoms with Crippen molar-refractivity contribution in [1.29, 1.82) is 0 Å². The van der Waals surface area contributed by atoms with E-state index in [4.69, 9.17) is 5.73 Å². The van der Waals surface area contributed by atoms with E-state index >= 15 is 0 Å². The molecule has 1 unspecified atom stereocenters. The summed E-state index contributed by atoms with van der Waals surface area (Å²) in [7, 11) is 0. The van der Waals surface area contributed by atoms with Gasteiger partial charge >= 0.3 is 0 Å². The highest BCUT2D eigenvalue weighted by Gasteiger charge is 2.07. The van der Waals surface area contributed by atoms with E-state index in [1.165, 1.54) is 32.1 Å². The van der Waals surface area contributed by atoms with E-state index in [9.17, 15) is 0 Å². The molecule has 0 bridgehead atoms. The van der Waals surface area contributed by atoms with Gasteiger partial charge in [0.05, 0.1) is 6.17 Å². The minimum Gasteiger partial charge on any atom is -0.319 e. The second kappa shape index (κ2) is 7.44. The zero-order valence-electron chi connectivity index (χ0n) is 10.7. The third-order valence-corrected chi connectivity index (χ3v) is 3.03. The molecule has 1 rings (SSSR count). The zero-order chi connectivity index (χ0) is 11.8. The molecular formula is C13H25N3. The summed E-state index contributed by atoms with van der Waals surface area (Å²) in [6.45, 7) is 4.35. The number of hydrogen-bond acceptors (Lipinski definition) is 2. The Kier molecular flexibility index (Phi) is 6.16. The maximum absolute atomic E-state index is 6.01. The monoisotopic (exact) mass is 223 g/mol.